The maximum Gasteiger partial charge on any atom is 0.338 e. The number of benzene rings is 1. The third-order valence-electron chi connectivity index (χ3n) is 5.82. The summed E-state index contributed by atoms with van der Waals surface area (Å²) in [7, 11) is 1.95. The molecule has 1 amide bonds. The molecule has 0 bridgehead atoms. The number of esters is 1. The number of nitrogens with zero attached hydrogens (tertiary/aromatic N) is 4. The molecular formula is C21H27N4O3+. The minimum Gasteiger partial charge on any atom is -0.458 e. The lowest BCUT2D eigenvalue weighted by molar-refractivity contribution is -0.671. The summed E-state index contributed by atoms with van der Waals surface area (Å²) >= 11 is 0. The number of piperidine rings is 1. The maximum absolute atomic E-state index is 12.7. The summed E-state index contributed by atoms with van der Waals surface area (Å²) in [6, 6.07) is 5.55. The zero-order valence-electron chi connectivity index (χ0n) is 16.7. The van der Waals surface area contributed by atoms with Gasteiger partial charge in [0.05, 0.1) is 24.0 Å². The molecule has 1 fully saturated rings. The molecule has 1 aromatic heterocycles. The van der Waals surface area contributed by atoms with Crippen LogP contribution in [0.15, 0.2) is 36.9 Å². The average Bonchev–Trinajstić information content (AvgIpc) is 3.19. The van der Waals surface area contributed by atoms with Crippen LogP contribution in [0.2, 0.25) is 0 Å². The van der Waals surface area contributed by atoms with E-state index in [1.165, 1.54) is 0 Å². The number of aryl methyl sites for hydroxylation is 1. The molecule has 0 aliphatic carbocycles. The quantitative estimate of drug-likeness (QED) is 0.587. The lowest BCUT2D eigenvalue weighted by atomic mass is 9.96. The van der Waals surface area contributed by atoms with Gasteiger partial charge in [0, 0.05) is 13.0 Å². The first-order chi connectivity index (χ1) is 13.4. The number of hydrogen-bond acceptors (Lipinski definition) is 4. The second kappa shape index (κ2) is 6.96. The van der Waals surface area contributed by atoms with E-state index in [1.807, 2.05) is 51.9 Å². The molecule has 148 valence electrons. The Kier molecular flexibility index (Phi) is 4.61. The van der Waals surface area contributed by atoms with Crippen LogP contribution in [0.1, 0.15) is 43.5 Å². The van der Waals surface area contributed by atoms with Gasteiger partial charge in [0.1, 0.15) is 31.2 Å². The molecule has 1 atom stereocenters. The van der Waals surface area contributed by atoms with E-state index in [2.05, 4.69) is 18.7 Å². The molecule has 1 unspecified atom stereocenters. The molecule has 4 rings (SSSR count). The predicted octanol–water partition coefficient (Wildman–Crippen LogP) is 2.24. The average molecular weight is 383 g/mol. The van der Waals surface area contributed by atoms with Gasteiger partial charge in [-0.05, 0) is 44.9 Å². The van der Waals surface area contributed by atoms with Crippen molar-refractivity contribution in [2.24, 2.45) is 7.05 Å². The van der Waals surface area contributed by atoms with Crippen LogP contribution in [0.4, 0.5) is 11.4 Å². The van der Waals surface area contributed by atoms with E-state index in [0.29, 0.717) is 25.1 Å². The molecule has 0 radical (unpaired) electrons. The minimum absolute atomic E-state index is 0.122. The summed E-state index contributed by atoms with van der Waals surface area (Å²) in [5, 5.41) is 0. The summed E-state index contributed by atoms with van der Waals surface area (Å²) in [4.78, 5) is 29.4. The molecule has 0 spiro atoms. The van der Waals surface area contributed by atoms with Crippen molar-refractivity contribution in [2.45, 2.75) is 45.3 Å². The van der Waals surface area contributed by atoms with Crippen LogP contribution in [0.5, 0.6) is 0 Å². The van der Waals surface area contributed by atoms with Crippen LogP contribution in [-0.4, -0.2) is 35.3 Å². The summed E-state index contributed by atoms with van der Waals surface area (Å²) in [5.74, 6) is -0.239. The first-order valence-electron chi connectivity index (χ1n) is 9.87. The maximum atomic E-state index is 12.7. The van der Waals surface area contributed by atoms with E-state index >= 15 is 0 Å². The van der Waals surface area contributed by atoms with Gasteiger partial charge in [-0.3, -0.25) is 9.69 Å². The second-order valence-electron chi connectivity index (χ2n) is 7.70. The van der Waals surface area contributed by atoms with E-state index in [1.54, 1.807) is 6.07 Å². The Hall–Kier alpha value is -2.83. The van der Waals surface area contributed by atoms with Crippen LogP contribution in [0.3, 0.4) is 0 Å². The van der Waals surface area contributed by atoms with Crippen molar-refractivity contribution in [3.8, 4) is 0 Å². The third-order valence-corrected chi connectivity index (χ3v) is 5.82. The first-order valence-corrected chi connectivity index (χ1v) is 9.87. The monoisotopic (exact) mass is 383 g/mol. The van der Waals surface area contributed by atoms with Gasteiger partial charge in [-0.15, -0.1) is 0 Å². The SMILES string of the molecule is CCN1c2ccc(C(=O)OCCn3cc[n+](C)c3)cc2N2C(=O)CCCC12C. The third kappa shape index (κ3) is 2.95. The largest absolute Gasteiger partial charge is 0.458 e. The molecule has 2 aromatic rings. The topological polar surface area (TPSA) is 58.7 Å². The van der Waals surface area contributed by atoms with E-state index in [4.69, 9.17) is 4.74 Å². The highest BCUT2D eigenvalue weighted by atomic mass is 16.5. The Morgan fingerprint density at radius 2 is 2.14 bits per heavy atom. The predicted molar refractivity (Wildman–Crippen MR) is 105 cm³/mol. The van der Waals surface area contributed by atoms with Gasteiger partial charge in [-0.25, -0.2) is 13.9 Å². The van der Waals surface area contributed by atoms with E-state index in [9.17, 15) is 9.59 Å². The molecule has 28 heavy (non-hydrogen) atoms. The fourth-order valence-electron chi connectivity index (χ4n) is 4.51. The van der Waals surface area contributed by atoms with Crippen molar-refractivity contribution in [2.75, 3.05) is 23.0 Å². The molecule has 2 aliphatic heterocycles. The summed E-state index contributed by atoms with van der Waals surface area (Å²) < 4.78 is 9.36. The number of hydrogen-bond donors (Lipinski definition) is 0. The number of ether oxygens (including phenoxy) is 1. The van der Waals surface area contributed by atoms with Crippen LogP contribution in [0, 0.1) is 0 Å². The minimum atomic E-state index is -0.361. The van der Waals surface area contributed by atoms with Crippen molar-refractivity contribution >= 4 is 23.3 Å². The molecule has 3 heterocycles. The van der Waals surface area contributed by atoms with Gasteiger partial charge in [0.15, 0.2) is 0 Å². The van der Waals surface area contributed by atoms with Crippen molar-refractivity contribution in [3.63, 3.8) is 0 Å². The van der Waals surface area contributed by atoms with Gasteiger partial charge in [0.25, 0.3) is 0 Å². The Labute approximate surface area is 165 Å². The normalized spacial score (nSPS) is 20.9. The molecule has 1 aromatic carbocycles. The van der Waals surface area contributed by atoms with Crippen molar-refractivity contribution < 1.29 is 18.9 Å². The van der Waals surface area contributed by atoms with E-state index < -0.39 is 0 Å². The Bertz CT molecular complexity index is 922. The van der Waals surface area contributed by atoms with Crippen LogP contribution < -0.4 is 14.4 Å². The summed E-state index contributed by atoms with van der Waals surface area (Å²) in [6.45, 7) is 5.92. The van der Waals surface area contributed by atoms with Crippen molar-refractivity contribution in [3.05, 3.63) is 42.5 Å². The van der Waals surface area contributed by atoms with Crippen LogP contribution >= 0.6 is 0 Å². The Morgan fingerprint density at radius 1 is 1.32 bits per heavy atom. The molecule has 2 aliphatic rings. The first kappa shape index (κ1) is 18.5. The van der Waals surface area contributed by atoms with Crippen molar-refractivity contribution in [1.82, 2.24) is 4.57 Å². The van der Waals surface area contributed by atoms with Gasteiger partial charge >= 0.3 is 5.97 Å². The molecule has 7 heteroatoms. The van der Waals surface area contributed by atoms with Gasteiger partial charge in [-0.2, -0.15) is 0 Å². The number of amides is 1. The summed E-state index contributed by atoms with van der Waals surface area (Å²) in [5.41, 5.74) is 1.96. The number of anilines is 2. The molecule has 0 saturated carbocycles. The highest BCUT2D eigenvalue weighted by Gasteiger charge is 2.50. The Morgan fingerprint density at radius 3 is 2.86 bits per heavy atom. The molecular weight excluding hydrogens is 356 g/mol. The second-order valence-corrected chi connectivity index (χ2v) is 7.70. The lowest BCUT2D eigenvalue weighted by Gasteiger charge is -2.44. The molecule has 1 saturated heterocycles. The molecule has 0 N–H and O–H groups in total. The smallest absolute Gasteiger partial charge is 0.338 e. The Balaban J connectivity index is 1.53. The van der Waals surface area contributed by atoms with Gasteiger partial charge < -0.3 is 9.64 Å². The highest BCUT2D eigenvalue weighted by Crippen LogP contribution is 2.49. The van der Waals surface area contributed by atoms with Gasteiger partial charge in [0.2, 0.25) is 12.2 Å². The fourth-order valence-corrected chi connectivity index (χ4v) is 4.51. The van der Waals surface area contributed by atoms with Crippen LogP contribution in [-0.2, 0) is 23.1 Å². The number of rotatable bonds is 5. The van der Waals surface area contributed by atoms with Crippen LogP contribution in [0.25, 0.3) is 0 Å². The fraction of sp³-hybridized carbons (Fsp3) is 0.476. The number of imidazole rings is 1. The van der Waals surface area contributed by atoms with E-state index in [-0.39, 0.29) is 17.5 Å². The number of fused-ring (bicyclic) bond motifs is 3. The number of aromatic nitrogens is 2. The van der Waals surface area contributed by atoms with E-state index in [0.717, 1.165) is 30.8 Å². The van der Waals surface area contributed by atoms with Crippen molar-refractivity contribution in [1.29, 1.82) is 0 Å². The standard InChI is InChI=1S/C21H27N4O3/c1-4-24-17-8-7-16(20(27)28-13-12-23-11-10-22(3)15-23)14-18(17)25-19(26)6-5-9-21(24,25)2/h7-8,10-11,14-15H,4-6,9,12-13H2,1-3H3/q+1. The molecule has 7 nitrogen and oxygen atoms in total. The zero-order chi connectivity index (χ0) is 19.9. The lowest BCUT2D eigenvalue weighted by Crippen LogP contribution is -2.59. The summed E-state index contributed by atoms with van der Waals surface area (Å²) in [6.07, 6.45) is 8.18. The zero-order valence-corrected chi connectivity index (χ0v) is 16.7. The van der Waals surface area contributed by atoms with Gasteiger partial charge in [-0.1, -0.05) is 0 Å². The number of carbonyl (C=O) groups is 2. The highest BCUT2D eigenvalue weighted by molar-refractivity contribution is 6.04. The number of carbonyl (C=O) groups excluding carboxylic acids is 2.